The number of para-hydroxylation sites is 1. The van der Waals surface area contributed by atoms with Gasteiger partial charge in [0.1, 0.15) is 0 Å². The summed E-state index contributed by atoms with van der Waals surface area (Å²) >= 11 is 1.74. The van der Waals surface area contributed by atoms with Crippen molar-refractivity contribution in [2.24, 2.45) is 11.3 Å². The van der Waals surface area contributed by atoms with Crippen LogP contribution in [0.3, 0.4) is 0 Å². The molecule has 0 N–H and O–H groups in total. The molecule has 0 aliphatic heterocycles. The minimum atomic E-state index is 0.471. The Morgan fingerprint density at radius 3 is 2.90 bits per heavy atom. The lowest BCUT2D eigenvalue weighted by Gasteiger charge is -2.09. The Bertz CT molecular complexity index is 854. The van der Waals surface area contributed by atoms with Crippen molar-refractivity contribution in [3.63, 3.8) is 0 Å². The third kappa shape index (κ3) is 1.39. The summed E-state index contributed by atoms with van der Waals surface area (Å²) < 4.78 is 3.34. The van der Waals surface area contributed by atoms with E-state index >= 15 is 0 Å². The van der Waals surface area contributed by atoms with Crippen molar-refractivity contribution in [2.75, 3.05) is 0 Å². The van der Waals surface area contributed by atoms with E-state index in [0.717, 1.165) is 28.9 Å². The Labute approximate surface area is 127 Å². The first-order chi connectivity index (χ1) is 10.1. The molecule has 0 spiro atoms. The summed E-state index contributed by atoms with van der Waals surface area (Å²) in [4.78, 5) is 4.77. The van der Waals surface area contributed by atoms with Gasteiger partial charge in [-0.15, -0.1) is 0 Å². The molecule has 21 heavy (non-hydrogen) atoms. The molecule has 0 bridgehead atoms. The molecule has 4 heteroatoms. The summed E-state index contributed by atoms with van der Waals surface area (Å²) in [6.07, 6.45) is 1.16. The molecular formula is C17H17N3S. The van der Waals surface area contributed by atoms with Gasteiger partial charge in [-0.2, -0.15) is 5.10 Å². The third-order valence-corrected chi connectivity index (χ3v) is 6.46. The second kappa shape index (κ2) is 3.55. The van der Waals surface area contributed by atoms with Crippen LogP contribution in [-0.2, 0) is 6.42 Å². The first-order valence-corrected chi connectivity index (χ1v) is 8.33. The fourth-order valence-electron chi connectivity index (χ4n) is 4.20. The maximum Gasteiger partial charge on any atom is 0.211 e. The van der Waals surface area contributed by atoms with E-state index in [1.165, 1.54) is 21.7 Å². The first-order valence-electron chi connectivity index (χ1n) is 7.51. The average Bonchev–Trinajstić information content (AvgIpc) is 2.93. The van der Waals surface area contributed by atoms with Crippen molar-refractivity contribution in [1.29, 1.82) is 0 Å². The van der Waals surface area contributed by atoms with Crippen molar-refractivity contribution in [3.05, 3.63) is 41.2 Å². The zero-order valence-corrected chi connectivity index (χ0v) is 13.2. The van der Waals surface area contributed by atoms with Gasteiger partial charge in [-0.25, -0.2) is 9.67 Å². The van der Waals surface area contributed by atoms with Crippen LogP contribution >= 0.6 is 11.3 Å². The Morgan fingerprint density at radius 2 is 2.10 bits per heavy atom. The number of thiazole rings is 1. The lowest BCUT2D eigenvalue weighted by atomic mass is 9.98. The lowest BCUT2D eigenvalue weighted by Crippen LogP contribution is -2.05. The van der Waals surface area contributed by atoms with Crippen LogP contribution in [0.15, 0.2) is 24.3 Å². The lowest BCUT2D eigenvalue weighted by molar-refractivity contribution is 0.532. The molecule has 1 saturated carbocycles. The number of rotatable bonds is 1. The first kappa shape index (κ1) is 11.9. The molecule has 5 rings (SSSR count). The van der Waals surface area contributed by atoms with Crippen LogP contribution in [0.1, 0.15) is 36.7 Å². The van der Waals surface area contributed by atoms with Crippen LogP contribution in [0, 0.1) is 18.3 Å². The number of nitrogens with zero attached hydrogens (tertiary/aromatic N) is 3. The fraction of sp³-hybridized carbons (Fsp3) is 0.412. The second-order valence-electron chi connectivity index (χ2n) is 6.93. The van der Waals surface area contributed by atoms with Gasteiger partial charge in [0.2, 0.25) is 5.13 Å². The second-order valence-corrected chi connectivity index (χ2v) is 7.94. The maximum atomic E-state index is 4.80. The van der Waals surface area contributed by atoms with Crippen molar-refractivity contribution >= 4 is 21.6 Å². The molecule has 1 fully saturated rings. The largest absolute Gasteiger partial charge is 0.218 e. The van der Waals surface area contributed by atoms with Crippen LogP contribution in [0.5, 0.6) is 0 Å². The van der Waals surface area contributed by atoms with Gasteiger partial charge in [-0.3, -0.25) is 0 Å². The van der Waals surface area contributed by atoms with E-state index in [1.807, 2.05) is 6.07 Å². The quantitative estimate of drug-likeness (QED) is 0.677. The zero-order chi connectivity index (χ0) is 14.4. The van der Waals surface area contributed by atoms with E-state index in [-0.39, 0.29) is 0 Å². The van der Waals surface area contributed by atoms with Crippen molar-refractivity contribution < 1.29 is 0 Å². The topological polar surface area (TPSA) is 30.7 Å². The number of hydrogen-bond donors (Lipinski definition) is 0. The summed E-state index contributed by atoms with van der Waals surface area (Å²) in [5, 5.41) is 5.82. The van der Waals surface area contributed by atoms with Crippen LogP contribution in [0.2, 0.25) is 0 Å². The highest BCUT2D eigenvalue weighted by Gasteiger charge is 2.63. The Hall–Kier alpha value is -1.68. The molecule has 3 nitrogen and oxygen atoms in total. The van der Waals surface area contributed by atoms with Gasteiger partial charge in [-0.1, -0.05) is 37.3 Å². The number of aromatic nitrogens is 3. The molecule has 0 radical (unpaired) electrons. The Balaban J connectivity index is 1.69. The molecular weight excluding hydrogens is 278 g/mol. The number of aryl methyl sites for hydroxylation is 1. The number of hydrogen-bond acceptors (Lipinski definition) is 3. The molecule has 2 atom stereocenters. The van der Waals surface area contributed by atoms with Gasteiger partial charge in [0.15, 0.2) is 0 Å². The molecule has 1 aromatic carbocycles. The summed E-state index contributed by atoms with van der Waals surface area (Å²) in [6.45, 7) is 6.93. The van der Waals surface area contributed by atoms with Gasteiger partial charge in [0.05, 0.1) is 21.6 Å². The van der Waals surface area contributed by atoms with Crippen molar-refractivity contribution in [2.45, 2.75) is 33.1 Å². The highest BCUT2D eigenvalue weighted by atomic mass is 32.1. The van der Waals surface area contributed by atoms with E-state index in [2.05, 4.69) is 43.7 Å². The van der Waals surface area contributed by atoms with Crippen molar-refractivity contribution in [1.82, 2.24) is 14.8 Å². The van der Waals surface area contributed by atoms with Gasteiger partial charge in [0.25, 0.3) is 0 Å². The summed E-state index contributed by atoms with van der Waals surface area (Å²) in [7, 11) is 0. The SMILES string of the molecule is Cc1nn(-c2nc3ccccc3s2)c2c1[C@H]1[C@@H](C2)C1(C)C. The summed E-state index contributed by atoms with van der Waals surface area (Å²) in [6, 6.07) is 8.32. The van der Waals surface area contributed by atoms with Gasteiger partial charge in [0, 0.05) is 5.56 Å². The van der Waals surface area contributed by atoms with Gasteiger partial charge >= 0.3 is 0 Å². The van der Waals surface area contributed by atoms with Crippen molar-refractivity contribution in [3.8, 4) is 5.13 Å². The van der Waals surface area contributed by atoms with E-state index in [0.29, 0.717) is 5.41 Å². The molecule has 2 aliphatic rings. The predicted octanol–water partition coefficient (Wildman–Crippen LogP) is 4.09. The number of fused-ring (bicyclic) bond motifs is 4. The van der Waals surface area contributed by atoms with Crippen LogP contribution in [0.25, 0.3) is 15.3 Å². The predicted molar refractivity (Wildman–Crippen MR) is 85.2 cm³/mol. The summed E-state index contributed by atoms with van der Waals surface area (Å²) in [5.74, 6) is 1.53. The molecule has 0 saturated heterocycles. The van der Waals surface area contributed by atoms with E-state index < -0.39 is 0 Å². The normalized spacial score (nSPS) is 25.1. The monoisotopic (exact) mass is 295 g/mol. The van der Waals surface area contributed by atoms with Crippen LogP contribution in [0.4, 0.5) is 0 Å². The summed E-state index contributed by atoms with van der Waals surface area (Å²) in [5.41, 5.74) is 5.65. The minimum absolute atomic E-state index is 0.471. The minimum Gasteiger partial charge on any atom is -0.218 e. The molecule has 2 heterocycles. The van der Waals surface area contributed by atoms with Crippen LogP contribution in [-0.4, -0.2) is 14.8 Å². The Morgan fingerprint density at radius 1 is 1.29 bits per heavy atom. The van der Waals surface area contributed by atoms with E-state index in [9.17, 15) is 0 Å². The molecule has 0 amide bonds. The highest BCUT2D eigenvalue weighted by Crippen LogP contribution is 2.70. The maximum absolute atomic E-state index is 4.80. The third-order valence-electron chi connectivity index (χ3n) is 5.44. The fourth-order valence-corrected chi connectivity index (χ4v) is 5.15. The van der Waals surface area contributed by atoms with Crippen LogP contribution < -0.4 is 0 Å². The highest BCUT2D eigenvalue weighted by molar-refractivity contribution is 7.20. The molecule has 2 aromatic heterocycles. The molecule has 106 valence electrons. The Kier molecular flexibility index (Phi) is 2.02. The molecule has 0 unspecified atom stereocenters. The smallest absolute Gasteiger partial charge is 0.211 e. The molecule has 3 aromatic rings. The zero-order valence-electron chi connectivity index (χ0n) is 12.4. The standard InChI is InChI=1S/C17H17N3S/c1-9-14-12(8-10-15(14)17(10,2)3)20(19-9)16-18-11-6-4-5-7-13(11)21-16/h4-7,10,15H,8H2,1-3H3/t10-,15-/m1/s1. The molecule has 2 aliphatic carbocycles. The van der Waals surface area contributed by atoms with E-state index in [4.69, 9.17) is 10.1 Å². The average molecular weight is 295 g/mol. The van der Waals surface area contributed by atoms with Gasteiger partial charge < -0.3 is 0 Å². The number of benzene rings is 1. The van der Waals surface area contributed by atoms with E-state index in [1.54, 1.807) is 11.3 Å². The van der Waals surface area contributed by atoms with Gasteiger partial charge in [-0.05, 0) is 42.7 Å².